The Morgan fingerprint density at radius 3 is 2.90 bits per heavy atom. The zero-order chi connectivity index (χ0) is 14.5. The molecule has 1 atom stereocenters. The monoisotopic (exact) mass is 284 g/mol. The van der Waals surface area contributed by atoms with Gasteiger partial charge in [0, 0.05) is 13.2 Å². The van der Waals surface area contributed by atoms with Crippen LogP contribution in [0.15, 0.2) is 42.6 Å². The van der Waals surface area contributed by atoms with Gasteiger partial charge in [-0.25, -0.2) is 4.98 Å². The zero-order valence-corrected chi connectivity index (χ0v) is 12.2. The molecule has 3 rings (SSSR count). The molecular weight excluding hydrogens is 264 g/mol. The van der Waals surface area contributed by atoms with Crippen molar-refractivity contribution in [2.24, 2.45) is 0 Å². The molecule has 4 heteroatoms. The highest BCUT2D eigenvalue weighted by Gasteiger charge is 2.21. The van der Waals surface area contributed by atoms with Crippen molar-refractivity contribution < 1.29 is 9.47 Å². The Morgan fingerprint density at radius 2 is 2.10 bits per heavy atom. The first-order valence-corrected chi connectivity index (χ1v) is 7.29. The van der Waals surface area contributed by atoms with Gasteiger partial charge in [0.05, 0.1) is 24.5 Å². The van der Waals surface area contributed by atoms with Gasteiger partial charge in [0.1, 0.15) is 6.61 Å². The predicted octanol–water partition coefficient (Wildman–Crippen LogP) is 3.21. The number of methoxy groups -OCH3 is 1. The summed E-state index contributed by atoms with van der Waals surface area (Å²) in [5.74, 6) is 0.629. The number of rotatable bonds is 6. The lowest BCUT2D eigenvalue weighted by Crippen LogP contribution is -2.08. The van der Waals surface area contributed by atoms with E-state index in [0.717, 1.165) is 18.5 Å². The molecule has 1 heterocycles. The number of hydrogen-bond acceptors (Lipinski definition) is 4. The van der Waals surface area contributed by atoms with Gasteiger partial charge in [-0.15, -0.1) is 0 Å². The average molecular weight is 284 g/mol. The SMILES string of the molecule is COCCOc1ccc(NC2CCc3ccccc32)cn1. The minimum absolute atomic E-state index is 0.378. The maximum absolute atomic E-state index is 5.46. The summed E-state index contributed by atoms with van der Waals surface area (Å²) in [7, 11) is 1.66. The van der Waals surface area contributed by atoms with Gasteiger partial charge in [-0.2, -0.15) is 0 Å². The van der Waals surface area contributed by atoms with Gasteiger partial charge in [-0.1, -0.05) is 24.3 Å². The van der Waals surface area contributed by atoms with Gasteiger partial charge < -0.3 is 14.8 Å². The maximum Gasteiger partial charge on any atom is 0.213 e. The van der Waals surface area contributed by atoms with E-state index in [1.165, 1.54) is 11.1 Å². The highest BCUT2D eigenvalue weighted by atomic mass is 16.5. The predicted molar refractivity (Wildman–Crippen MR) is 82.7 cm³/mol. The molecule has 110 valence electrons. The van der Waals surface area contributed by atoms with Crippen LogP contribution >= 0.6 is 0 Å². The summed E-state index contributed by atoms with van der Waals surface area (Å²) in [6.07, 6.45) is 4.09. The molecule has 21 heavy (non-hydrogen) atoms. The van der Waals surface area contributed by atoms with Crippen molar-refractivity contribution >= 4 is 5.69 Å². The van der Waals surface area contributed by atoms with E-state index in [1.807, 2.05) is 18.3 Å². The molecule has 4 nitrogen and oxygen atoms in total. The molecular formula is C17H20N2O2. The summed E-state index contributed by atoms with van der Waals surface area (Å²) in [5.41, 5.74) is 3.87. The fourth-order valence-electron chi connectivity index (χ4n) is 2.69. The van der Waals surface area contributed by atoms with Crippen LogP contribution in [0.2, 0.25) is 0 Å². The first-order valence-electron chi connectivity index (χ1n) is 7.29. The van der Waals surface area contributed by atoms with Crippen LogP contribution in [0.1, 0.15) is 23.6 Å². The van der Waals surface area contributed by atoms with Crippen molar-refractivity contribution in [3.8, 4) is 5.88 Å². The standard InChI is InChI=1S/C17H20N2O2/c1-20-10-11-21-17-9-7-14(12-18-17)19-16-8-6-13-4-2-3-5-15(13)16/h2-5,7,9,12,16,19H,6,8,10-11H2,1H3. The van der Waals surface area contributed by atoms with Crippen molar-refractivity contribution in [2.45, 2.75) is 18.9 Å². The van der Waals surface area contributed by atoms with E-state index in [4.69, 9.17) is 9.47 Å². The Hall–Kier alpha value is -2.07. The molecule has 0 spiro atoms. The summed E-state index contributed by atoms with van der Waals surface area (Å²) in [5, 5.41) is 3.55. The Kier molecular flexibility index (Phi) is 4.36. The van der Waals surface area contributed by atoms with E-state index in [2.05, 4.69) is 34.6 Å². The van der Waals surface area contributed by atoms with Crippen molar-refractivity contribution in [3.05, 3.63) is 53.7 Å². The number of fused-ring (bicyclic) bond motifs is 1. The molecule has 0 bridgehead atoms. The zero-order valence-electron chi connectivity index (χ0n) is 12.2. The Morgan fingerprint density at radius 1 is 1.19 bits per heavy atom. The van der Waals surface area contributed by atoms with Crippen molar-refractivity contribution in [1.82, 2.24) is 4.98 Å². The number of benzene rings is 1. The Labute approximate surface area is 125 Å². The number of nitrogens with one attached hydrogen (secondary N) is 1. The molecule has 1 N–H and O–H groups in total. The van der Waals surface area contributed by atoms with Crippen LogP contribution in [0.5, 0.6) is 5.88 Å². The first-order chi connectivity index (χ1) is 10.4. The van der Waals surface area contributed by atoms with E-state index >= 15 is 0 Å². The third-order valence-corrected chi connectivity index (χ3v) is 3.75. The summed E-state index contributed by atoms with van der Waals surface area (Å²) < 4.78 is 10.4. The minimum atomic E-state index is 0.378. The molecule has 2 aromatic rings. The van der Waals surface area contributed by atoms with Gasteiger partial charge in [0.2, 0.25) is 5.88 Å². The van der Waals surface area contributed by atoms with Gasteiger partial charge in [0.15, 0.2) is 0 Å². The Balaban J connectivity index is 1.61. The maximum atomic E-state index is 5.46. The summed E-state index contributed by atoms with van der Waals surface area (Å²) in [4.78, 5) is 4.31. The van der Waals surface area contributed by atoms with Crippen LogP contribution < -0.4 is 10.1 Å². The lowest BCUT2D eigenvalue weighted by molar-refractivity contribution is 0.144. The fourth-order valence-corrected chi connectivity index (χ4v) is 2.69. The van der Waals surface area contributed by atoms with Crippen molar-refractivity contribution in [2.75, 3.05) is 25.6 Å². The Bertz CT molecular complexity index is 584. The smallest absolute Gasteiger partial charge is 0.213 e. The molecule has 1 unspecified atom stereocenters. The lowest BCUT2D eigenvalue weighted by Gasteiger charge is -2.15. The number of aryl methyl sites for hydroxylation is 1. The summed E-state index contributed by atoms with van der Waals surface area (Å²) >= 11 is 0. The van der Waals surface area contributed by atoms with Gasteiger partial charge in [-0.05, 0) is 30.0 Å². The first kappa shape index (κ1) is 13.9. The average Bonchev–Trinajstić information content (AvgIpc) is 2.93. The van der Waals surface area contributed by atoms with Crippen molar-refractivity contribution in [3.63, 3.8) is 0 Å². The molecule has 0 saturated carbocycles. The number of hydrogen-bond donors (Lipinski definition) is 1. The van der Waals surface area contributed by atoms with Crippen LogP contribution in [-0.4, -0.2) is 25.3 Å². The third-order valence-electron chi connectivity index (χ3n) is 3.75. The second-order valence-electron chi connectivity index (χ2n) is 5.16. The molecule has 0 amide bonds. The number of pyridine rings is 1. The topological polar surface area (TPSA) is 43.4 Å². The van der Waals surface area contributed by atoms with Gasteiger partial charge >= 0.3 is 0 Å². The molecule has 0 radical (unpaired) electrons. The highest BCUT2D eigenvalue weighted by Crippen LogP contribution is 2.33. The van der Waals surface area contributed by atoms with E-state index in [0.29, 0.717) is 25.1 Å². The molecule has 0 aliphatic heterocycles. The number of nitrogens with zero attached hydrogens (tertiary/aromatic N) is 1. The van der Waals surface area contributed by atoms with E-state index in [9.17, 15) is 0 Å². The molecule has 1 aromatic carbocycles. The highest BCUT2D eigenvalue weighted by molar-refractivity contribution is 5.47. The van der Waals surface area contributed by atoms with Crippen LogP contribution in [0.4, 0.5) is 5.69 Å². The van der Waals surface area contributed by atoms with Crippen LogP contribution in [0.3, 0.4) is 0 Å². The molecule has 1 aliphatic rings. The molecule has 0 fully saturated rings. The van der Waals surface area contributed by atoms with E-state index < -0.39 is 0 Å². The number of aromatic nitrogens is 1. The molecule has 0 saturated heterocycles. The second-order valence-corrected chi connectivity index (χ2v) is 5.16. The number of anilines is 1. The van der Waals surface area contributed by atoms with Crippen molar-refractivity contribution in [1.29, 1.82) is 0 Å². The van der Waals surface area contributed by atoms with Gasteiger partial charge in [-0.3, -0.25) is 0 Å². The quantitative estimate of drug-likeness (QED) is 0.827. The fraction of sp³-hybridized carbons (Fsp3) is 0.353. The van der Waals surface area contributed by atoms with Crippen LogP contribution in [0.25, 0.3) is 0 Å². The summed E-state index contributed by atoms with van der Waals surface area (Å²) in [6, 6.07) is 12.9. The van der Waals surface area contributed by atoms with Gasteiger partial charge in [0.25, 0.3) is 0 Å². The van der Waals surface area contributed by atoms with E-state index in [-0.39, 0.29) is 0 Å². The normalized spacial score (nSPS) is 16.5. The molecule has 1 aromatic heterocycles. The largest absolute Gasteiger partial charge is 0.475 e. The van der Waals surface area contributed by atoms with E-state index in [1.54, 1.807) is 7.11 Å². The molecule has 1 aliphatic carbocycles. The third kappa shape index (κ3) is 3.34. The van der Waals surface area contributed by atoms with Crippen LogP contribution in [-0.2, 0) is 11.2 Å². The minimum Gasteiger partial charge on any atom is -0.475 e. The summed E-state index contributed by atoms with van der Waals surface area (Å²) in [6.45, 7) is 1.09. The lowest BCUT2D eigenvalue weighted by atomic mass is 10.1. The second kappa shape index (κ2) is 6.59. The van der Waals surface area contributed by atoms with Crippen LogP contribution in [0, 0.1) is 0 Å². The number of ether oxygens (including phenoxy) is 2.